The van der Waals surface area contributed by atoms with E-state index in [4.69, 9.17) is 9.47 Å². The first-order valence-corrected chi connectivity index (χ1v) is 11.9. The Morgan fingerprint density at radius 3 is 2.27 bits per heavy atom. The van der Waals surface area contributed by atoms with Crippen molar-refractivity contribution in [3.63, 3.8) is 0 Å². The molecule has 2 aromatic carbocycles. The van der Waals surface area contributed by atoms with Gasteiger partial charge in [-0.05, 0) is 55.5 Å². The molecule has 0 unspecified atom stereocenters. The lowest BCUT2D eigenvalue weighted by molar-refractivity contribution is 0.150. The van der Waals surface area contributed by atoms with Crippen LogP contribution in [0.25, 0.3) is 0 Å². The molecule has 0 radical (unpaired) electrons. The summed E-state index contributed by atoms with van der Waals surface area (Å²) in [5.41, 5.74) is 1.18. The number of likely N-dealkylation sites (tertiary alicyclic amines) is 1. The predicted octanol–water partition coefficient (Wildman–Crippen LogP) is 5.18. The summed E-state index contributed by atoms with van der Waals surface area (Å²) in [5, 5.41) is 7.07. The third kappa shape index (κ3) is 7.24. The van der Waals surface area contributed by atoms with Crippen LogP contribution in [0, 0.1) is 0 Å². The number of nitrogens with one attached hydrogen (secondary N) is 2. The van der Waals surface area contributed by atoms with Gasteiger partial charge in [0.05, 0.1) is 7.11 Å². The minimum atomic E-state index is 0. The van der Waals surface area contributed by atoms with E-state index in [1.165, 1.54) is 57.2 Å². The van der Waals surface area contributed by atoms with Crippen LogP contribution in [-0.4, -0.2) is 50.2 Å². The molecule has 0 amide bonds. The standard InChI is InChI=1S/C26H36N4O2.HI/c1-27-26(29-21-15-17-30(18-16-21)22-7-3-4-8-22)28-19-20-11-13-23(14-12-20)32-25-10-6-5-9-24(25)31-2;/h5-6,9-14,21-22H,3-4,7-8,15-19H2,1-2H3,(H2,27,28,29);1H. The van der Waals surface area contributed by atoms with Gasteiger partial charge in [-0.1, -0.05) is 37.1 Å². The first-order valence-electron chi connectivity index (χ1n) is 11.9. The molecule has 1 saturated heterocycles. The highest BCUT2D eigenvalue weighted by molar-refractivity contribution is 14.0. The zero-order chi connectivity index (χ0) is 22.2. The number of para-hydroxylation sites is 2. The zero-order valence-corrected chi connectivity index (χ0v) is 22.1. The Bertz CT molecular complexity index is 876. The van der Waals surface area contributed by atoms with E-state index in [1.54, 1.807) is 7.11 Å². The van der Waals surface area contributed by atoms with Crippen molar-refractivity contribution in [3.05, 3.63) is 54.1 Å². The van der Waals surface area contributed by atoms with E-state index in [-0.39, 0.29) is 24.0 Å². The van der Waals surface area contributed by atoms with Crippen molar-refractivity contribution in [1.29, 1.82) is 0 Å². The van der Waals surface area contributed by atoms with Crippen LogP contribution in [-0.2, 0) is 6.54 Å². The molecular formula is C26H37IN4O2. The Morgan fingerprint density at radius 1 is 0.970 bits per heavy atom. The maximum absolute atomic E-state index is 5.96. The second-order valence-corrected chi connectivity index (χ2v) is 8.72. The Labute approximate surface area is 215 Å². The number of hydrogen-bond donors (Lipinski definition) is 2. The van der Waals surface area contributed by atoms with Crippen molar-refractivity contribution in [2.45, 2.75) is 57.2 Å². The van der Waals surface area contributed by atoms with E-state index in [1.807, 2.05) is 43.4 Å². The summed E-state index contributed by atoms with van der Waals surface area (Å²) in [6.07, 6.45) is 7.98. The molecule has 0 spiro atoms. The minimum Gasteiger partial charge on any atom is -0.493 e. The fourth-order valence-electron chi connectivity index (χ4n) is 4.76. The van der Waals surface area contributed by atoms with Crippen LogP contribution in [0.3, 0.4) is 0 Å². The van der Waals surface area contributed by atoms with Crippen LogP contribution < -0.4 is 20.1 Å². The number of guanidine groups is 1. The largest absolute Gasteiger partial charge is 0.493 e. The van der Waals surface area contributed by atoms with Crippen molar-refractivity contribution in [1.82, 2.24) is 15.5 Å². The molecule has 6 nitrogen and oxygen atoms in total. The van der Waals surface area contributed by atoms with Gasteiger partial charge in [0, 0.05) is 38.8 Å². The van der Waals surface area contributed by atoms with Crippen LogP contribution in [0.4, 0.5) is 0 Å². The van der Waals surface area contributed by atoms with Gasteiger partial charge in [-0.2, -0.15) is 0 Å². The summed E-state index contributed by atoms with van der Waals surface area (Å²) < 4.78 is 11.3. The number of hydrogen-bond acceptors (Lipinski definition) is 4. The highest BCUT2D eigenvalue weighted by Gasteiger charge is 2.27. The van der Waals surface area contributed by atoms with Gasteiger partial charge in [0.15, 0.2) is 17.5 Å². The highest BCUT2D eigenvalue weighted by atomic mass is 127. The number of rotatable bonds is 7. The summed E-state index contributed by atoms with van der Waals surface area (Å²) in [6.45, 7) is 3.12. The second kappa shape index (κ2) is 13.0. The molecule has 0 atom stereocenters. The first kappa shape index (κ1) is 25.6. The summed E-state index contributed by atoms with van der Waals surface area (Å²) in [4.78, 5) is 7.13. The van der Waals surface area contributed by atoms with Gasteiger partial charge in [0.25, 0.3) is 0 Å². The minimum absolute atomic E-state index is 0. The maximum atomic E-state index is 5.96. The van der Waals surface area contributed by atoms with Crippen LogP contribution in [0.5, 0.6) is 17.2 Å². The van der Waals surface area contributed by atoms with Crippen LogP contribution in [0.2, 0.25) is 0 Å². The smallest absolute Gasteiger partial charge is 0.191 e. The molecule has 33 heavy (non-hydrogen) atoms. The van der Waals surface area contributed by atoms with Gasteiger partial charge in [0.1, 0.15) is 5.75 Å². The van der Waals surface area contributed by atoms with Gasteiger partial charge >= 0.3 is 0 Å². The number of aliphatic imine (C=N–C) groups is 1. The fourth-order valence-corrected chi connectivity index (χ4v) is 4.76. The molecule has 1 heterocycles. The Hall–Kier alpha value is -2.00. The lowest BCUT2D eigenvalue weighted by Crippen LogP contribution is -2.50. The normalized spacial score (nSPS) is 17.9. The summed E-state index contributed by atoms with van der Waals surface area (Å²) >= 11 is 0. The fraction of sp³-hybridized carbons (Fsp3) is 0.500. The van der Waals surface area contributed by atoms with E-state index in [2.05, 4.69) is 32.7 Å². The molecule has 0 aromatic heterocycles. The van der Waals surface area contributed by atoms with E-state index in [0.717, 1.165) is 30.0 Å². The zero-order valence-electron chi connectivity index (χ0n) is 19.8. The molecule has 4 rings (SSSR count). The molecule has 2 aliphatic rings. The van der Waals surface area contributed by atoms with Gasteiger partial charge in [-0.15, -0.1) is 24.0 Å². The molecule has 2 fully saturated rings. The summed E-state index contributed by atoms with van der Waals surface area (Å²) in [5.74, 6) is 3.10. The Balaban J connectivity index is 0.00000306. The average molecular weight is 565 g/mol. The van der Waals surface area contributed by atoms with Crippen molar-refractivity contribution in [2.75, 3.05) is 27.2 Å². The van der Waals surface area contributed by atoms with Gasteiger partial charge < -0.3 is 25.0 Å². The molecule has 0 bridgehead atoms. The topological polar surface area (TPSA) is 58.1 Å². The van der Waals surface area contributed by atoms with Crippen LogP contribution in [0.1, 0.15) is 44.1 Å². The van der Waals surface area contributed by atoms with E-state index < -0.39 is 0 Å². The van der Waals surface area contributed by atoms with Crippen LogP contribution in [0.15, 0.2) is 53.5 Å². The summed E-state index contributed by atoms with van der Waals surface area (Å²) in [6, 6.07) is 17.1. The number of piperidine rings is 1. The predicted molar refractivity (Wildman–Crippen MR) is 145 cm³/mol. The van der Waals surface area contributed by atoms with Crippen molar-refractivity contribution in [2.24, 2.45) is 4.99 Å². The molecule has 1 saturated carbocycles. The molecule has 7 heteroatoms. The average Bonchev–Trinajstić information content (AvgIpc) is 3.38. The van der Waals surface area contributed by atoms with Crippen LogP contribution >= 0.6 is 24.0 Å². The number of nitrogens with zero attached hydrogens (tertiary/aromatic N) is 2. The molecular weight excluding hydrogens is 527 g/mol. The van der Waals surface area contributed by atoms with Gasteiger partial charge in [0.2, 0.25) is 0 Å². The first-order chi connectivity index (χ1) is 15.7. The van der Waals surface area contributed by atoms with Crippen molar-refractivity contribution >= 4 is 29.9 Å². The maximum Gasteiger partial charge on any atom is 0.191 e. The van der Waals surface area contributed by atoms with Crippen molar-refractivity contribution < 1.29 is 9.47 Å². The van der Waals surface area contributed by atoms with E-state index in [0.29, 0.717) is 11.8 Å². The highest BCUT2D eigenvalue weighted by Crippen LogP contribution is 2.31. The lowest BCUT2D eigenvalue weighted by Gasteiger charge is -2.36. The lowest BCUT2D eigenvalue weighted by atomic mass is 10.0. The molecule has 2 aromatic rings. The molecule has 2 N–H and O–H groups in total. The monoisotopic (exact) mass is 564 g/mol. The number of methoxy groups -OCH3 is 1. The quantitative estimate of drug-likeness (QED) is 0.276. The number of benzene rings is 2. The van der Waals surface area contributed by atoms with Crippen molar-refractivity contribution in [3.8, 4) is 17.2 Å². The number of ether oxygens (including phenoxy) is 2. The third-order valence-corrected chi connectivity index (χ3v) is 6.62. The number of halogens is 1. The molecule has 1 aliphatic carbocycles. The Morgan fingerprint density at radius 2 is 1.64 bits per heavy atom. The summed E-state index contributed by atoms with van der Waals surface area (Å²) in [7, 11) is 3.49. The van der Waals surface area contributed by atoms with E-state index in [9.17, 15) is 0 Å². The Kier molecular flexibility index (Phi) is 10.1. The van der Waals surface area contributed by atoms with Gasteiger partial charge in [-0.3, -0.25) is 4.99 Å². The molecule has 1 aliphatic heterocycles. The second-order valence-electron chi connectivity index (χ2n) is 8.72. The third-order valence-electron chi connectivity index (χ3n) is 6.62. The molecule has 180 valence electrons. The van der Waals surface area contributed by atoms with E-state index >= 15 is 0 Å². The SMILES string of the molecule is CN=C(NCc1ccc(Oc2ccccc2OC)cc1)NC1CCN(C2CCCC2)CC1.I. The van der Waals surface area contributed by atoms with Gasteiger partial charge in [-0.25, -0.2) is 0 Å².